The van der Waals surface area contributed by atoms with Gasteiger partial charge in [-0.25, -0.2) is 9.78 Å². The van der Waals surface area contributed by atoms with Crippen molar-refractivity contribution in [3.8, 4) is 11.6 Å². The third-order valence-corrected chi connectivity index (χ3v) is 5.40. The number of aromatic nitrogens is 1. The number of rotatable bonds is 4. The second-order valence-corrected chi connectivity index (χ2v) is 7.03. The molecular formula is C22H24N2O4. The monoisotopic (exact) mass is 380 g/mol. The molecule has 0 fully saturated rings. The number of hydrogen-bond acceptors (Lipinski definition) is 6. The van der Waals surface area contributed by atoms with Gasteiger partial charge in [-0.15, -0.1) is 0 Å². The fourth-order valence-electron chi connectivity index (χ4n) is 4.13. The molecule has 28 heavy (non-hydrogen) atoms. The highest BCUT2D eigenvalue weighted by Crippen LogP contribution is 2.48. The van der Waals surface area contributed by atoms with E-state index in [0.29, 0.717) is 28.6 Å². The molecule has 1 aliphatic heterocycles. The molecule has 0 amide bonds. The predicted molar refractivity (Wildman–Crippen MR) is 105 cm³/mol. The van der Waals surface area contributed by atoms with E-state index < -0.39 is 11.9 Å². The molecule has 0 saturated carbocycles. The van der Waals surface area contributed by atoms with E-state index in [1.807, 2.05) is 24.3 Å². The second-order valence-electron chi connectivity index (χ2n) is 7.03. The van der Waals surface area contributed by atoms with Crippen LogP contribution in [0.25, 0.3) is 0 Å². The first-order chi connectivity index (χ1) is 13.5. The summed E-state index contributed by atoms with van der Waals surface area (Å²) in [4.78, 5) is 17.6. The van der Waals surface area contributed by atoms with E-state index in [1.54, 1.807) is 21.0 Å². The summed E-state index contributed by atoms with van der Waals surface area (Å²) in [7, 11) is 1.62. The van der Waals surface area contributed by atoms with E-state index in [2.05, 4.69) is 0 Å². The van der Waals surface area contributed by atoms with Crippen molar-refractivity contribution in [3.63, 3.8) is 0 Å². The molecule has 0 saturated heterocycles. The summed E-state index contributed by atoms with van der Waals surface area (Å²) in [5.74, 6) is 0.855. The molecule has 2 heterocycles. The van der Waals surface area contributed by atoms with Gasteiger partial charge in [-0.1, -0.05) is 12.1 Å². The number of pyridine rings is 1. The number of anilines is 1. The summed E-state index contributed by atoms with van der Waals surface area (Å²) in [5, 5.41) is 0. The number of nitrogens with zero attached hydrogens (tertiary/aromatic N) is 1. The van der Waals surface area contributed by atoms with E-state index in [1.165, 1.54) is 0 Å². The first-order valence-corrected chi connectivity index (χ1v) is 9.56. The Morgan fingerprint density at radius 3 is 2.93 bits per heavy atom. The van der Waals surface area contributed by atoms with Gasteiger partial charge in [0.15, 0.2) is 0 Å². The molecule has 1 aromatic carbocycles. The van der Waals surface area contributed by atoms with Crippen molar-refractivity contribution in [2.75, 3.05) is 19.5 Å². The highest BCUT2D eigenvalue weighted by Gasteiger charge is 2.39. The van der Waals surface area contributed by atoms with Gasteiger partial charge in [0.25, 0.3) is 0 Å². The number of carbonyl (C=O) groups excluding carboxylic acids is 1. The SMILES string of the molecule is CCOC(=O)C1=C(C)Oc2nc3c(c(N)c2[C@H]1c1cccc(OC)c1)CCC3. The summed E-state index contributed by atoms with van der Waals surface area (Å²) in [6.45, 7) is 3.84. The van der Waals surface area contributed by atoms with Gasteiger partial charge in [-0.05, 0) is 56.4 Å². The van der Waals surface area contributed by atoms with Crippen LogP contribution < -0.4 is 15.2 Å². The van der Waals surface area contributed by atoms with Crippen molar-refractivity contribution in [2.24, 2.45) is 0 Å². The van der Waals surface area contributed by atoms with Crippen LogP contribution in [0.1, 0.15) is 48.6 Å². The van der Waals surface area contributed by atoms with Gasteiger partial charge in [0.05, 0.1) is 30.8 Å². The number of hydrogen-bond donors (Lipinski definition) is 1. The summed E-state index contributed by atoms with van der Waals surface area (Å²) in [5.41, 5.74) is 11.4. The Bertz CT molecular complexity index is 981. The van der Waals surface area contributed by atoms with Gasteiger partial charge < -0.3 is 19.9 Å². The average molecular weight is 380 g/mol. The zero-order valence-electron chi connectivity index (χ0n) is 16.4. The molecule has 146 valence electrons. The number of aryl methyl sites for hydroxylation is 1. The van der Waals surface area contributed by atoms with Crippen LogP contribution in [0.2, 0.25) is 0 Å². The number of benzene rings is 1. The van der Waals surface area contributed by atoms with E-state index in [-0.39, 0.29) is 6.61 Å². The Kier molecular flexibility index (Phi) is 4.71. The Labute approximate surface area is 164 Å². The van der Waals surface area contributed by atoms with Crippen molar-refractivity contribution < 1.29 is 19.0 Å². The summed E-state index contributed by atoms with van der Waals surface area (Å²) in [6, 6.07) is 7.65. The van der Waals surface area contributed by atoms with Crippen molar-refractivity contribution in [1.29, 1.82) is 0 Å². The Morgan fingerprint density at radius 1 is 1.36 bits per heavy atom. The molecule has 0 bridgehead atoms. The number of nitrogens with two attached hydrogens (primary N) is 1. The van der Waals surface area contributed by atoms with Gasteiger partial charge in [0.2, 0.25) is 5.88 Å². The molecule has 6 heteroatoms. The number of carbonyl (C=O) groups is 1. The van der Waals surface area contributed by atoms with Crippen molar-refractivity contribution >= 4 is 11.7 Å². The number of esters is 1. The Morgan fingerprint density at radius 2 is 2.18 bits per heavy atom. The van der Waals surface area contributed by atoms with Crippen LogP contribution in [-0.4, -0.2) is 24.7 Å². The van der Waals surface area contributed by atoms with Gasteiger partial charge in [-0.3, -0.25) is 0 Å². The molecule has 1 atom stereocenters. The fourth-order valence-corrected chi connectivity index (χ4v) is 4.13. The molecule has 0 radical (unpaired) electrons. The standard InChI is InChI=1S/C22H24N2O4/c1-4-27-22(25)17-12(2)28-21-19(20(23)15-9-6-10-16(15)24-21)18(17)13-7-5-8-14(11-13)26-3/h5,7-8,11,18H,4,6,9-10H2,1-3H3,(H2,23,24)/t18-/m0/s1. The molecule has 0 unspecified atom stereocenters. The second kappa shape index (κ2) is 7.19. The summed E-state index contributed by atoms with van der Waals surface area (Å²) in [6.07, 6.45) is 2.81. The molecule has 2 N–H and O–H groups in total. The van der Waals surface area contributed by atoms with Crippen LogP contribution >= 0.6 is 0 Å². The number of allylic oxidation sites excluding steroid dienone is 1. The maximum Gasteiger partial charge on any atom is 0.338 e. The Balaban J connectivity index is 1.96. The lowest BCUT2D eigenvalue weighted by atomic mass is 9.81. The van der Waals surface area contributed by atoms with E-state index in [4.69, 9.17) is 24.9 Å². The average Bonchev–Trinajstić information content (AvgIpc) is 3.16. The highest BCUT2D eigenvalue weighted by atomic mass is 16.5. The zero-order valence-corrected chi connectivity index (χ0v) is 16.4. The van der Waals surface area contributed by atoms with E-state index in [0.717, 1.165) is 41.6 Å². The third-order valence-electron chi connectivity index (χ3n) is 5.40. The van der Waals surface area contributed by atoms with Crippen LogP contribution in [0.3, 0.4) is 0 Å². The maximum atomic E-state index is 12.8. The normalized spacial score (nSPS) is 17.6. The zero-order chi connectivity index (χ0) is 19.8. The summed E-state index contributed by atoms with van der Waals surface area (Å²) < 4.78 is 16.7. The quantitative estimate of drug-likeness (QED) is 0.817. The number of fused-ring (bicyclic) bond motifs is 2. The largest absolute Gasteiger partial charge is 0.497 e. The topological polar surface area (TPSA) is 83.7 Å². The smallest absolute Gasteiger partial charge is 0.338 e. The lowest BCUT2D eigenvalue weighted by Gasteiger charge is -2.30. The minimum Gasteiger partial charge on any atom is -0.497 e. The van der Waals surface area contributed by atoms with Crippen LogP contribution in [0.4, 0.5) is 5.69 Å². The number of nitrogen functional groups attached to an aromatic ring is 1. The van der Waals surface area contributed by atoms with Crippen molar-refractivity contribution in [1.82, 2.24) is 4.98 Å². The minimum atomic E-state index is -0.420. The van der Waals surface area contributed by atoms with Crippen LogP contribution in [0.5, 0.6) is 11.6 Å². The molecule has 1 aliphatic carbocycles. The summed E-state index contributed by atoms with van der Waals surface area (Å²) >= 11 is 0. The van der Waals surface area contributed by atoms with Crippen LogP contribution in [0.15, 0.2) is 35.6 Å². The van der Waals surface area contributed by atoms with Gasteiger partial charge in [-0.2, -0.15) is 0 Å². The van der Waals surface area contributed by atoms with Crippen molar-refractivity contribution in [2.45, 2.75) is 39.0 Å². The van der Waals surface area contributed by atoms with Crippen LogP contribution in [0, 0.1) is 0 Å². The highest BCUT2D eigenvalue weighted by molar-refractivity contribution is 5.93. The van der Waals surface area contributed by atoms with Gasteiger partial charge in [0.1, 0.15) is 11.5 Å². The minimum absolute atomic E-state index is 0.283. The third kappa shape index (κ3) is 2.89. The number of methoxy groups -OCH3 is 1. The van der Waals surface area contributed by atoms with Crippen LogP contribution in [-0.2, 0) is 22.4 Å². The van der Waals surface area contributed by atoms with E-state index in [9.17, 15) is 4.79 Å². The van der Waals surface area contributed by atoms with Gasteiger partial charge in [0, 0.05) is 11.4 Å². The number of ether oxygens (including phenoxy) is 3. The first-order valence-electron chi connectivity index (χ1n) is 9.56. The molecule has 4 rings (SSSR count). The first kappa shape index (κ1) is 18.3. The molecule has 0 spiro atoms. The Hall–Kier alpha value is -3.02. The predicted octanol–water partition coefficient (Wildman–Crippen LogP) is 3.52. The lowest BCUT2D eigenvalue weighted by Crippen LogP contribution is -2.25. The lowest BCUT2D eigenvalue weighted by molar-refractivity contribution is -0.139. The fraction of sp³-hybridized carbons (Fsp3) is 0.364. The molecular weight excluding hydrogens is 356 g/mol. The molecule has 1 aromatic heterocycles. The van der Waals surface area contributed by atoms with Crippen molar-refractivity contribution in [3.05, 3.63) is 58.0 Å². The van der Waals surface area contributed by atoms with E-state index >= 15 is 0 Å². The molecule has 2 aromatic rings. The molecule has 6 nitrogen and oxygen atoms in total. The maximum absolute atomic E-state index is 12.8. The van der Waals surface area contributed by atoms with Gasteiger partial charge >= 0.3 is 5.97 Å². The molecule has 2 aliphatic rings.